The molecule has 4 heterocycles. The number of phenolic OH excluding ortho intramolecular Hbond substituents is 1. The fourth-order valence-electron chi connectivity index (χ4n) is 4.69. The summed E-state index contributed by atoms with van der Waals surface area (Å²) >= 11 is 3.40. The molecule has 0 spiro atoms. The van der Waals surface area contributed by atoms with Crippen LogP contribution < -0.4 is 0 Å². The number of phenols is 1. The van der Waals surface area contributed by atoms with Crippen LogP contribution in [0.2, 0.25) is 0 Å². The quantitative estimate of drug-likeness (QED) is 0.189. The van der Waals surface area contributed by atoms with E-state index in [2.05, 4.69) is 17.5 Å². The maximum Gasteiger partial charge on any atom is 0.121 e. The third-order valence-corrected chi connectivity index (χ3v) is 9.08. The summed E-state index contributed by atoms with van der Waals surface area (Å²) in [5.74, 6) is -0.0738. The standard InChI is InChI=1S/C19H20O6S2.C7H14O5/c20-8-13-16(22)17(23)18(24)19(25-13)11-6-9(1-2-12(11)21)5-10-7-15-14(27-10)3-4-26-15;1-3-5(9)7(11)6(10)4(2-8)12-3/h1-4,6-7,13,16-24H,5,8H2;3-11H,2H2,1H3/t13-,16-,17+,18-,19+;3-,4+,5-,6+,7+/m10/s1. The van der Waals surface area contributed by atoms with E-state index in [0.717, 1.165) is 5.56 Å². The molecule has 0 aliphatic carbocycles. The van der Waals surface area contributed by atoms with E-state index in [4.69, 9.17) is 14.6 Å². The Hall–Kier alpha value is -1.72. The summed E-state index contributed by atoms with van der Waals surface area (Å²) in [5.41, 5.74) is 1.25. The molecule has 5 rings (SSSR count). The molecule has 3 aromatic rings. The van der Waals surface area contributed by atoms with Gasteiger partial charge in [-0.2, -0.15) is 0 Å². The molecule has 39 heavy (non-hydrogen) atoms. The SMILES string of the molecule is C[C@@H]1O[C@H](CO)[C@@H](O)[C@H](O)[C@H]1O.OC[C@H]1O[C@@H](c2cc(Cc3cc4sccc4s3)ccc2O)[C@H](O)[C@@H](O)[C@@H]1O. The molecule has 0 saturated carbocycles. The number of benzene rings is 1. The summed E-state index contributed by atoms with van der Waals surface area (Å²) in [4.78, 5) is 1.18. The summed E-state index contributed by atoms with van der Waals surface area (Å²) < 4.78 is 13.1. The molecule has 2 saturated heterocycles. The van der Waals surface area contributed by atoms with Gasteiger partial charge < -0.3 is 55.4 Å². The molecule has 2 aliphatic rings. The first-order chi connectivity index (χ1) is 18.5. The number of hydrogen-bond donors (Lipinski definition) is 9. The molecule has 0 bridgehead atoms. The zero-order valence-electron chi connectivity index (χ0n) is 21.0. The van der Waals surface area contributed by atoms with Gasteiger partial charge in [-0.05, 0) is 42.1 Å². The average molecular weight is 587 g/mol. The first kappa shape index (κ1) is 30.2. The van der Waals surface area contributed by atoms with Crippen LogP contribution in [0.3, 0.4) is 0 Å². The van der Waals surface area contributed by atoms with E-state index in [-0.39, 0.29) is 12.4 Å². The van der Waals surface area contributed by atoms with Gasteiger partial charge in [-0.25, -0.2) is 0 Å². The minimum absolute atomic E-state index is 0.0738. The number of aliphatic hydroxyl groups is 8. The Morgan fingerprint density at radius 2 is 1.38 bits per heavy atom. The van der Waals surface area contributed by atoms with Gasteiger partial charge in [0.25, 0.3) is 0 Å². The highest BCUT2D eigenvalue weighted by molar-refractivity contribution is 7.26. The van der Waals surface area contributed by atoms with Crippen LogP contribution in [0.25, 0.3) is 9.40 Å². The Kier molecular flexibility index (Phi) is 9.96. The number of hydrogen-bond acceptors (Lipinski definition) is 13. The van der Waals surface area contributed by atoms with Crippen LogP contribution in [0.5, 0.6) is 5.75 Å². The Bertz CT molecular complexity index is 1180. The molecule has 11 nitrogen and oxygen atoms in total. The first-order valence-electron chi connectivity index (χ1n) is 12.4. The minimum atomic E-state index is -1.48. The molecule has 1 aromatic carbocycles. The molecule has 9 N–H and O–H groups in total. The van der Waals surface area contributed by atoms with Crippen LogP contribution in [-0.2, 0) is 15.9 Å². The average Bonchev–Trinajstić information content (AvgIpc) is 3.52. The van der Waals surface area contributed by atoms with E-state index in [1.807, 2.05) is 0 Å². The van der Waals surface area contributed by atoms with Crippen LogP contribution >= 0.6 is 22.7 Å². The van der Waals surface area contributed by atoms with Crippen molar-refractivity contribution >= 4 is 32.1 Å². The van der Waals surface area contributed by atoms with E-state index < -0.39 is 67.6 Å². The third-order valence-electron chi connectivity index (χ3n) is 6.99. The highest BCUT2D eigenvalue weighted by atomic mass is 32.1. The van der Waals surface area contributed by atoms with Crippen LogP contribution in [0, 0.1) is 0 Å². The number of rotatable bonds is 5. The maximum atomic E-state index is 10.3. The molecule has 0 amide bonds. The van der Waals surface area contributed by atoms with Crippen LogP contribution in [0.4, 0.5) is 0 Å². The smallest absolute Gasteiger partial charge is 0.121 e. The maximum absolute atomic E-state index is 10.3. The predicted molar refractivity (Wildman–Crippen MR) is 143 cm³/mol. The van der Waals surface area contributed by atoms with Gasteiger partial charge in [-0.3, -0.25) is 0 Å². The normalized spacial score (nSPS) is 35.0. The van der Waals surface area contributed by atoms with E-state index in [1.165, 1.54) is 20.3 Å². The molecular weight excluding hydrogens is 552 g/mol. The summed E-state index contributed by atoms with van der Waals surface area (Å²) in [6.07, 6.45) is -10.7. The number of ether oxygens (including phenoxy) is 2. The molecule has 2 aromatic heterocycles. The van der Waals surface area contributed by atoms with E-state index >= 15 is 0 Å². The van der Waals surface area contributed by atoms with Crippen LogP contribution in [-0.4, -0.2) is 114 Å². The highest BCUT2D eigenvalue weighted by Gasteiger charge is 2.45. The molecule has 0 radical (unpaired) electrons. The van der Waals surface area contributed by atoms with Crippen molar-refractivity contribution in [2.45, 2.75) is 74.4 Å². The molecule has 0 unspecified atom stereocenters. The van der Waals surface area contributed by atoms with Crippen molar-refractivity contribution in [1.29, 1.82) is 0 Å². The van der Waals surface area contributed by atoms with E-state index in [9.17, 15) is 40.9 Å². The van der Waals surface area contributed by atoms with Crippen molar-refractivity contribution in [3.05, 3.63) is 51.7 Å². The van der Waals surface area contributed by atoms with Gasteiger partial charge in [0.1, 0.15) is 60.7 Å². The van der Waals surface area contributed by atoms with Crippen molar-refractivity contribution in [3.8, 4) is 5.75 Å². The Morgan fingerprint density at radius 3 is 2.03 bits per heavy atom. The molecular formula is C26H34O11S2. The molecule has 10 atom stereocenters. The van der Waals surface area contributed by atoms with Crippen LogP contribution in [0.1, 0.15) is 29.0 Å². The summed E-state index contributed by atoms with van der Waals surface area (Å²) in [7, 11) is 0. The first-order valence-corrected chi connectivity index (χ1v) is 14.1. The number of aromatic hydroxyl groups is 1. The van der Waals surface area contributed by atoms with Crippen molar-refractivity contribution in [2.24, 2.45) is 0 Å². The second kappa shape index (κ2) is 12.9. The fraction of sp³-hybridized carbons (Fsp3) is 0.538. The molecule has 2 fully saturated rings. The highest BCUT2D eigenvalue weighted by Crippen LogP contribution is 2.38. The third kappa shape index (κ3) is 6.45. The zero-order valence-corrected chi connectivity index (χ0v) is 22.6. The Labute approximate surface area is 232 Å². The molecule has 216 valence electrons. The van der Waals surface area contributed by atoms with Crippen molar-refractivity contribution < 1.29 is 55.4 Å². The van der Waals surface area contributed by atoms with Gasteiger partial charge in [0, 0.05) is 26.3 Å². The lowest BCUT2D eigenvalue weighted by Crippen LogP contribution is -2.57. The monoisotopic (exact) mass is 586 g/mol. The lowest BCUT2D eigenvalue weighted by molar-refractivity contribution is -0.232. The number of thiophene rings is 2. The fourth-order valence-corrected chi connectivity index (χ4v) is 6.86. The summed E-state index contributed by atoms with van der Waals surface area (Å²) in [5, 5.41) is 88.3. The van der Waals surface area contributed by atoms with Crippen molar-refractivity contribution in [1.82, 2.24) is 0 Å². The Balaban J connectivity index is 0.000000247. The van der Waals surface area contributed by atoms with E-state index in [0.29, 0.717) is 12.0 Å². The van der Waals surface area contributed by atoms with Gasteiger partial charge in [0.15, 0.2) is 0 Å². The number of fused-ring (bicyclic) bond motifs is 1. The van der Waals surface area contributed by atoms with Gasteiger partial charge in [-0.1, -0.05) is 6.07 Å². The second-order valence-electron chi connectivity index (χ2n) is 9.72. The van der Waals surface area contributed by atoms with Crippen molar-refractivity contribution in [3.63, 3.8) is 0 Å². The molecule has 2 aliphatic heterocycles. The summed E-state index contributed by atoms with van der Waals surface area (Å²) in [6, 6.07) is 9.30. The second-order valence-corrected chi connectivity index (χ2v) is 11.8. The summed E-state index contributed by atoms with van der Waals surface area (Å²) in [6.45, 7) is 0.700. The Morgan fingerprint density at radius 1 is 0.744 bits per heavy atom. The minimum Gasteiger partial charge on any atom is -0.508 e. The van der Waals surface area contributed by atoms with Gasteiger partial charge in [-0.15, -0.1) is 22.7 Å². The largest absolute Gasteiger partial charge is 0.508 e. The zero-order chi connectivity index (χ0) is 28.4. The topological polar surface area (TPSA) is 201 Å². The van der Waals surface area contributed by atoms with E-state index in [1.54, 1.807) is 41.7 Å². The van der Waals surface area contributed by atoms with Gasteiger partial charge >= 0.3 is 0 Å². The number of aliphatic hydroxyl groups excluding tert-OH is 8. The lowest BCUT2D eigenvalue weighted by Gasteiger charge is -2.40. The van der Waals surface area contributed by atoms with Gasteiger partial charge in [0.2, 0.25) is 0 Å². The molecule has 13 heteroatoms. The van der Waals surface area contributed by atoms with Crippen LogP contribution in [0.15, 0.2) is 35.7 Å². The van der Waals surface area contributed by atoms with Crippen molar-refractivity contribution in [2.75, 3.05) is 13.2 Å². The van der Waals surface area contributed by atoms with Gasteiger partial charge in [0.05, 0.1) is 19.3 Å². The lowest BCUT2D eigenvalue weighted by atomic mass is 9.90. The predicted octanol–water partition coefficient (Wildman–Crippen LogP) is -0.377.